The second-order valence-electron chi connectivity index (χ2n) is 3.86. The molecule has 0 aliphatic rings. The molecule has 0 N–H and O–H groups in total. The molecule has 0 heterocycles. The minimum absolute atomic E-state index is 1.08. The summed E-state index contributed by atoms with van der Waals surface area (Å²) >= 11 is 6.82. The third-order valence-corrected chi connectivity index (χ3v) is 10.1. The van der Waals surface area contributed by atoms with Crippen LogP contribution in [0.25, 0.3) is 0 Å². The first-order chi connectivity index (χ1) is 6.02. The van der Waals surface area contributed by atoms with Gasteiger partial charge in [0.2, 0.25) is 0 Å². The van der Waals surface area contributed by atoms with Crippen molar-refractivity contribution in [3.05, 3.63) is 30.3 Å². The summed E-state index contributed by atoms with van der Waals surface area (Å²) in [5.74, 6) is -2.07. The van der Waals surface area contributed by atoms with Gasteiger partial charge >= 0.3 is 85.7 Å². The summed E-state index contributed by atoms with van der Waals surface area (Å²) in [4.78, 5) is 0. The van der Waals surface area contributed by atoms with Crippen LogP contribution in [-0.2, 0) is 0 Å². The van der Waals surface area contributed by atoms with E-state index < -0.39 is 5.96 Å². The van der Waals surface area contributed by atoms with Gasteiger partial charge in [0.1, 0.15) is 0 Å². The molecule has 74 valence electrons. The minimum atomic E-state index is -2.07. The van der Waals surface area contributed by atoms with Crippen molar-refractivity contribution in [3.63, 3.8) is 0 Å². The molecule has 0 spiro atoms. The standard InChI is InChI=1S/C11H18ClP/c1-4-13(3,12,5-2)11-9-7-6-8-10-11/h6-10H,4-5H2,1-3H3. The molecule has 2 heteroatoms. The van der Waals surface area contributed by atoms with E-state index in [2.05, 4.69) is 44.8 Å². The summed E-state index contributed by atoms with van der Waals surface area (Å²) in [5.41, 5.74) is 0. The predicted molar refractivity (Wildman–Crippen MR) is 65.9 cm³/mol. The van der Waals surface area contributed by atoms with Gasteiger partial charge in [0.15, 0.2) is 0 Å². The number of halogens is 1. The third-order valence-electron chi connectivity index (χ3n) is 3.11. The van der Waals surface area contributed by atoms with E-state index in [4.69, 9.17) is 11.2 Å². The Balaban J connectivity index is 3.19. The average molecular weight is 217 g/mol. The van der Waals surface area contributed by atoms with Crippen LogP contribution in [0.1, 0.15) is 13.8 Å². The quantitative estimate of drug-likeness (QED) is 0.676. The summed E-state index contributed by atoms with van der Waals surface area (Å²) in [7, 11) is 0. The van der Waals surface area contributed by atoms with Crippen LogP contribution in [0.15, 0.2) is 30.3 Å². The van der Waals surface area contributed by atoms with Crippen LogP contribution < -0.4 is 5.30 Å². The molecule has 0 fully saturated rings. The summed E-state index contributed by atoms with van der Waals surface area (Å²) in [5, 5.41) is 1.35. The normalized spacial score (nSPS) is 14.9. The van der Waals surface area contributed by atoms with E-state index in [1.807, 2.05) is 6.07 Å². The van der Waals surface area contributed by atoms with Crippen molar-refractivity contribution in [1.29, 1.82) is 0 Å². The summed E-state index contributed by atoms with van der Waals surface area (Å²) in [6.07, 6.45) is 2.15. The molecular formula is C11H18ClP. The van der Waals surface area contributed by atoms with Crippen LogP contribution in [0.4, 0.5) is 0 Å². The van der Waals surface area contributed by atoms with Crippen LogP contribution in [-0.4, -0.2) is 19.0 Å². The van der Waals surface area contributed by atoms with E-state index in [0.29, 0.717) is 0 Å². The molecule has 0 aromatic heterocycles. The van der Waals surface area contributed by atoms with E-state index >= 15 is 0 Å². The number of hydrogen-bond donors (Lipinski definition) is 0. The molecule has 1 aromatic rings. The van der Waals surface area contributed by atoms with Crippen LogP contribution in [0.5, 0.6) is 0 Å². The topological polar surface area (TPSA) is 0 Å². The van der Waals surface area contributed by atoms with Crippen LogP contribution in [0.2, 0.25) is 0 Å². The first-order valence-electron chi connectivity index (χ1n) is 4.80. The maximum atomic E-state index is 6.82. The zero-order chi connectivity index (χ0) is 9.97. The van der Waals surface area contributed by atoms with Gasteiger partial charge in [-0.25, -0.2) is 0 Å². The molecule has 0 saturated carbocycles. The predicted octanol–water partition coefficient (Wildman–Crippen LogP) is 3.69. The molecular weight excluding hydrogens is 199 g/mol. The fourth-order valence-electron chi connectivity index (χ4n) is 1.43. The fourth-order valence-corrected chi connectivity index (χ4v) is 3.95. The summed E-state index contributed by atoms with van der Waals surface area (Å²) in [6.45, 7) is 6.64. The zero-order valence-corrected chi connectivity index (χ0v) is 10.3. The molecule has 0 atom stereocenters. The molecule has 0 nitrogen and oxygen atoms in total. The summed E-state index contributed by atoms with van der Waals surface area (Å²) < 4.78 is 0. The second kappa shape index (κ2) is 3.59. The first kappa shape index (κ1) is 11.0. The van der Waals surface area contributed by atoms with Crippen molar-refractivity contribution in [3.8, 4) is 0 Å². The molecule has 0 aliphatic carbocycles. The Labute approximate surface area is 86.0 Å². The molecule has 0 amide bonds. The molecule has 0 bridgehead atoms. The molecule has 0 aliphatic heterocycles. The number of hydrogen-bond acceptors (Lipinski definition) is 0. The monoisotopic (exact) mass is 216 g/mol. The van der Waals surface area contributed by atoms with E-state index in [1.165, 1.54) is 5.30 Å². The molecule has 0 saturated heterocycles. The molecule has 13 heavy (non-hydrogen) atoms. The second-order valence-corrected chi connectivity index (χ2v) is 12.4. The SMILES string of the molecule is CCP(C)(Cl)(CC)c1ccccc1. The Morgan fingerprint density at radius 1 is 1.08 bits per heavy atom. The van der Waals surface area contributed by atoms with Crippen molar-refractivity contribution in [1.82, 2.24) is 0 Å². The van der Waals surface area contributed by atoms with Gasteiger partial charge in [-0.1, -0.05) is 0 Å². The Morgan fingerprint density at radius 3 is 1.92 bits per heavy atom. The molecule has 0 radical (unpaired) electrons. The van der Waals surface area contributed by atoms with Crippen molar-refractivity contribution < 1.29 is 0 Å². The van der Waals surface area contributed by atoms with Crippen molar-refractivity contribution in [2.75, 3.05) is 19.0 Å². The third kappa shape index (κ3) is 2.06. The Bertz CT molecular complexity index is 271. The Kier molecular flexibility index (Phi) is 3.05. The van der Waals surface area contributed by atoms with Gasteiger partial charge in [-0.15, -0.1) is 0 Å². The van der Waals surface area contributed by atoms with Gasteiger partial charge in [-0.2, -0.15) is 0 Å². The number of rotatable bonds is 3. The fraction of sp³-hybridized carbons (Fsp3) is 0.455. The Hall–Kier alpha value is -0.0600. The van der Waals surface area contributed by atoms with Gasteiger partial charge in [0.05, 0.1) is 0 Å². The number of benzene rings is 1. The van der Waals surface area contributed by atoms with Gasteiger partial charge in [-0.3, -0.25) is 0 Å². The van der Waals surface area contributed by atoms with Crippen molar-refractivity contribution in [2.45, 2.75) is 13.8 Å². The summed E-state index contributed by atoms with van der Waals surface area (Å²) in [6, 6.07) is 10.5. The van der Waals surface area contributed by atoms with Gasteiger partial charge in [-0.05, 0) is 0 Å². The van der Waals surface area contributed by atoms with Crippen molar-refractivity contribution >= 4 is 22.5 Å². The molecule has 1 rings (SSSR count). The van der Waals surface area contributed by atoms with Crippen LogP contribution in [0.3, 0.4) is 0 Å². The van der Waals surface area contributed by atoms with Gasteiger partial charge in [0.25, 0.3) is 0 Å². The van der Waals surface area contributed by atoms with Crippen LogP contribution in [0, 0.1) is 0 Å². The Morgan fingerprint density at radius 2 is 1.54 bits per heavy atom. The van der Waals surface area contributed by atoms with E-state index in [-0.39, 0.29) is 0 Å². The van der Waals surface area contributed by atoms with Crippen LogP contribution >= 0.6 is 17.2 Å². The average Bonchev–Trinajstić information content (AvgIpc) is 2.20. The van der Waals surface area contributed by atoms with Crippen molar-refractivity contribution in [2.24, 2.45) is 0 Å². The van der Waals surface area contributed by atoms with Gasteiger partial charge < -0.3 is 0 Å². The van der Waals surface area contributed by atoms with E-state index in [0.717, 1.165) is 12.3 Å². The van der Waals surface area contributed by atoms with E-state index in [1.54, 1.807) is 0 Å². The maximum absolute atomic E-state index is 6.82. The first-order valence-corrected chi connectivity index (χ1v) is 8.76. The zero-order valence-electron chi connectivity index (χ0n) is 8.63. The van der Waals surface area contributed by atoms with E-state index in [9.17, 15) is 0 Å². The van der Waals surface area contributed by atoms with Gasteiger partial charge in [0, 0.05) is 0 Å². The molecule has 1 aromatic carbocycles. The molecule has 0 unspecified atom stereocenters.